The maximum Gasteiger partial charge on any atom is 0.275 e. The molecule has 0 saturated carbocycles. The van der Waals surface area contributed by atoms with Crippen LogP contribution in [-0.4, -0.2) is 26.9 Å². The van der Waals surface area contributed by atoms with Crippen LogP contribution in [0.25, 0.3) is 0 Å². The van der Waals surface area contributed by atoms with Crippen molar-refractivity contribution in [1.29, 1.82) is 0 Å². The van der Waals surface area contributed by atoms with Crippen molar-refractivity contribution in [2.45, 2.75) is 13.5 Å². The molecule has 0 fully saturated rings. The molecular formula is C13H15N5O3. The molecule has 1 aromatic carbocycles. The molecule has 1 amide bonds. The van der Waals surface area contributed by atoms with Crippen molar-refractivity contribution >= 4 is 17.3 Å². The van der Waals surface area contributed by atoms with Crippen LogP contribution in [0, 0.1) is 17.0 Å². The Balaban J connectivity index is 2.15. The number of nitro groups is 1. The predicted molar refractivity (Wildman–Crippen MR) is 77.1 cm³/mol. The predicted octanol–water partition coefficient (Wildman–Crippen LogP) is 1.31. The Morgan fingerprint density at radius 2 is 2.29 bits per heavy atom. The number of aromatic nitrogens is 2. The van der Waals surface area contributed by atoms with Crippen molar-refractivity contribution in [1.82, 2.24) is 9.55 Å². The van der Waals surface area contributed by atoms with Gasteiger partial charge >= 0.3 is 0 Å². The van der Waals surface area contributed by atoms with E-state index in [1.54, 1.807) is 29.8 Å². The summed E-state index contributed by atoms with van der Waals surface area (Å²) in [5, 5.41) is 13.5. The van der Waals surface area contributed by atoms with Crippen LogP contribution in [0.2, 0.25) is 0 Å². The van der Waals surface area contributed by atoms with Crippen LogP contribution in [0.5, 0.6) is 0 Å². The fraction of sp³-hybridized carbons (Fsp3) is 0.231. The van der Waals surface area contributed by atoms with Crippen LogP contribution in [0.1, 0.15) is 16.1 Å². The van der Waals surface area contributed by atoms with Gasteiger partial charge < -0.3 is 15.6 Å². The molecule has 3 N–H and O–H groups in total. The molecule has 2 rings (SSSR count). The molecule has 0 aliphatic rings. The molecule has 0 aliphatic carbocycles. The fourth-order valence-corrected chi connectivity index (χ4v) is 1.83. The minimum atomic E-state index is -0.485. The van der Waals surface area contributed by atoms with Gasteiger partial charge in [0.05, 0.1) is 11.3 Å². The average molecular weight is 289 g/mol. The molecule has 0 bridgehead atoms. The summed E-state index contributed by atoms with van der Waals surface area (Å²) in [6, 6.07) is 4.52. The number of benzene rings is 1. The molecule has 0 aliphatic heterocycles. The number of rotatable bonds is 5. The fourth-order valence-electron chi connectivity index (χ4n) is 1.83. The lowest BCUT2D eigenvalue weighted by atomic mass is 10.2. The highest BCUT2D eigenvalue weighted by Crippen LogP contribution is 2.22. The number of nitro benzene ring substituents is 1. The van der Waals surface area contributed by atoms with Gasteiger partial charge in [-0.3, -0.25) is 14.9 Å². The lowest BCUT2D eigenvalue weighted by Gasteiger charge is -2.04. The van der Waals surface area contributed by atoms with Gasteiger partial charge in [0.2, 0.25) is 0 Å². The monoisotopic (exact) mass is 289 g/mol. The third kappa shape index (κ3) is 3.42. The third-order valence-electron chi connectivity index (χ3n) is 2.92. The largest absolute Gasteiger partial charge is 0.335 e. The molecule has 0 radical (unpaired) electrons. The zero-order valence-electron chi connectivity index (χ0n) is 11.4. The van der Waals surface area contributed by atoms with Crippen LogP contribution in [0.15, 0.2) is 30.7 Å². The van der Waals surface area contributed by atoms with E-state index in [-0.39, 0.29) is 11.4 Å². The van der Waals surface area contributed by atoms with Gasteiger partial charge in [-0.2, -0.15) is 0 Å². The van der Waals surface area contributed by atoms with Crippen molar-refractivity contribution in [3.05, 3.63) is 52.1 Å². The first-order valence-corrected chi connectivity index (χ1v) is 6.29. The zero-order chi connectivity index (χ0) is 15.4. The van der Waals surface area contributed by atoms with Gasteiger partial charge in [0.1, 0.15) is 5.69 Å². The van der Waals surface area contributed by atoms with Gasteiger partial charge in [-0.25, -0.2) is 4.98 Å². The SMILES string of the molecule is Cc1ccc(NC(=O)c2cn(CCN)cn2)cc1[N+](=O)[O-]. The van der Waals surface area contributed by atoms with E-state index in [0.29, 0.717) is 24.3 Å². The maximum absolute atomic E-state index is 12.0. The highest BCUT2D eigenvalue weighted by atomic mass is 16.6. The van der Waals surface area contributed by atoms with E-state index in [9.17, 15) is 14.9 Å². The van der Waals surface area contributed by atoms with Crippen LogP contribution in [0.3, 0.4) is 0 Å². The van der Waals surface area contributed by atoms with Gasteiger partial charge in [-0.1, -0.05) is 6.07 Å². The van der Waals surface area contributed by atoms with Crippen molar-refractivity contribution in [2.24, 2.45) is 5.73 Å². The molecule has 110 valence electrons. The minimum absolute atomic E-state index is 0.0403. The summed E-state index contributed by atoms with van der Waals surface area (Å²) < 4.78 is 1.70. The van der Waals surface area contributed by atoms with Crippen LogP contribution < -0.4 is 11.1 Å². The summed E-state index contributed by atoms with van der Waals surface area (Å²) in [7, 11) is 0. The summed E-state index contributed by atoms with van der Waals surface area (Å²) in [6.45, 7) is 2.65. The van der Waals surface area contributed by atoms with Crippen molar-refractivity contribution in [3.63, 3.8) is 0 Å². The molecule has 0 spiro atoms. The number of nitrogens with one attached hydrogen (secondary N) is 1. The first kappa shape index (κ1) is 14.7. The van der Waals surface area contributed by atoms with Gasteiger partial charge in [0.25, 0.3) is 11.6 Å². The second-order valence-corrected chi connectivity index (χ2v) is 4.50. The van der Waals surface area contributed by atoms with E-state index in [0.717, 1.165) is 0 Å². The summed E-state index contributed by atoms with van der Waals surface area (Å²) in [6.07, 6.45) is 3.09. The molecular weight excluding hydrogens is 274 g/mol. The molecule has 0 saturated heterocycles. The number of carbonyl (C=O) groups excluding carboxylic acids is 1. The molecule has 2 aromatic rings. The highest BCUT2D eigenvalue weighted by molar-refractivity contribution is 6.02. The van der Waals surface area contributed by atoms with E-state index in [1.165, 1.54) is 12.4 Å². The normalized spacial score (nSPS) is 10.4. The van der Waals surface area contributed by atoms with Gasteiger partial charge in [-0.15, -0.1) is 0 Å². The zero-order valence-corrected chi connectivity index (χ0v) is 11.4. The van der Waals surface area contributed by atoms with Crippen molar-refractivity contribution in [3.8, 4) is 0 Å². The molecule has 0 unspecified atom stereocenters. The number of imidazole rings is 1. The van der Waals surface area contributed by atoms with Crippen LogP contribution in [0.4, 0.5) is 11.4 Å². The Labute approximate surface area is 120 Å². The highest BCUT2D eigenvalue weighted by Gasteiger charge is 2.14. The van der Waals surface area contributed by atoms with Gasteiger partial charge in [0, 0.05) is 36.6 Å². The number of nitrogens with zero attached hydrogens (tertiary/aromatic N) is 3. The standard InChI is InChI=1S/C13H15N5O3/c1-9-2-3-10(6-12(9)18(20)21)16-13(19)11-7-17(5-4-14)8-15-11/h2-3,6-8H,4-5,14H2,1H3,(H,16,19). The molecule has 1 heterocycles. The van der Waals surface area contributed by atoms with E-state index in [2.05, 4.69) is 10.3 Å². The van der Waals surface area contributed by atoms with E-state index in [1.807, 2.05) is 0 Å². The Bertz CT molecular complexity index is 680. The summed E-state index contributed by atoms with van der Waals surface area (Å²) in [5.41, 5.74) is 6.49. The topological polar surface area (TPSA) is 116 Å². The number of hydrogen-bond donors (Lipinski definition) is 2. The molecule has 0 atom stereocenters. The lowest BCUT2D eigenvalue weighted by molar-refractivity contribution is -0.385. The van der Waals surface area contributed by atoms with E-state index >= 15 is 0 Å². The molecule has 1 aromatic heterocycles. The number of hydrogen-bond acceptors (Lipinski definition) is 5. The summed E-state index contributed by atoms with van der Waals surface area (Å²) >= 11 is 0. The number of anilines is 1. The van der Waals surface area contributed by atoms with Gasteiger partial charge in [-0.05, 0) is 13.0 Å². The number of aryl methyl sites for hydroxylation is 1. The van der Waals surface area contributed by atoms with E-state index < -0.39 is 10.8 Å². The summed E-state index contributed by atoms with van der Waals surface area (Å²) in [4.78, 5) is 26.4. The lowest BCUT2D eigenvalue weighted by Crippen LogP contribution is -2.13. The third-order valence-corrected chi connectivity index (χ3v) is 2.92. The first-order chi connectivity index (χ1) is 10.0. The number of carbonyl (C=O) groups is 1. The van der Waals surface area contributed by atoms with Crippen LogP contribution in [-0.2, 0) is 6.54 Å². The Kier molecular flexibility index (Phi) is 4.29. The maximum atomic E-state index is 12.0. The van der Waals surface area contributed by atoms with E-state index in [4.69, 9.17) is 5.73 Å². The number of amides is 1. The second-order valence-electron chi connectivity index (χ2n) is 4.50. The molecule has 8 heteroatoms. The molecule has 21 heavy (non-hydrogen) atoms. The Hall–Kier alpha value is -2.74. The molecule has 8 nitrogen and oxygen atoms in total. The average Bonchev–Trinajstić information content (AvgIpc) is 2.90. The second kappa shape index (κ2) is 6.14. The Morgan fingerprint density at radius 3 is 2.95 bits per heavy atom. The smallest absolute Gasteiger partial charge is 0.275 e. The van der Waals surface area contributed by atoms with Gasteiger partial charge in [0.15, 0.2) is 0 Å². The Morgan fingerprint density at radius 1 is 1.52 bits per heavy atom. The minimum Gasteiger partial charge on any atom is -0.335 e. The van der Waals surface area contributed by atoms with Crippen LogP contribution >= 0.6 is 0 Å². The summed E-state index contributed by atoms with van der Waals surface area (Å²) in [5.74, 6) is -0.427. The number of nitrogens with two attached hydrogens (primary N) is 1. The van der Waals surface area contributed by atoms with Crippen molar-refractivity contribution < 1.29 is 9.72 Å². The quantitative estimate of drug-likeness (QED) is 0.636. The van der Waals surface area contributed by atoms with Crippen molar-refractivity contribution in [2.75, 3.05) is 11.9 Å². The first-order valence-electron chi connectivity index (χ1n) is 6.29.